The van der Waals surface area contributed by atoms with Gasteiger partial charge in [-0.1, -0.05) is 0 Å². The van der Waals surface area contributed by atoms with Crippen molar-refractivity contribution in [1.29, 1.82) is 0 Å². The smallest absolute Gasteiger partial charge is 0.253 e. The van der Waals surface area contributed by atoms with Crippen LogP contribution in [0.25, 0.3) is 5.95 Å². The molecule has 0 aliphatic heterocycles. The Balaban J connectivity index is 2.41. The van der Waals surface area contributed by atoms with Crippen LogP contribution in [0, 0.1) is 6.92 Å². The van der Waals surface area contributed by atoms with Crippen molar-refractivity contribution in [2.45, 2.75) is 6.92 Å². The third-order valence-corrected chi connectivity index (χ3v) is 1.74. The first kappa shape index (κ1) is 8.68. The lowest BCUT2D eigenvalue weighted by Gasteiger charge is -2.01. The molecular weight excluding hydrogens is 180 g/mol. The normalized spacial score (nSPS) is 10.1. The molecule has 0 saturated heterocycles. The van der Waals surface area contributed by atoms with Crippen molar-refractivity contribution < 1.29 is 4.74 Å². The fraction of sp³-hybridized carbons (Fsp3) is 0.222. The quantitative estimate of drug-likeness (QED) is 0.708. The van der Waals surface area contributed by atoms with Crippen molar-refractivity contribution in [2.24, 2.45) is 0 Å². The van der Waals surface area contributed by atoms with Crippen molar-refractivity contribution in [3.63, 3.8) is 0 Å². The first-order chi connectivity index (χ1) is 6.79. The van der Waals surface area contributed by atoms with Gasteiger partial charge in [0.05, 0.1) is 13.3 Å². The molecule has 0 unspecified atom stereocenters. The lowest BCUT2D eigenvalue weighted by Crippen LogP contribution is -2.02. The molecule has 0 bridgehead atoms. The van der Waals surface area contributed by atoms with Gasteiger partial charge in [0.2, 0.25) is 5.88 Å². The summed E-state index contributed by atoms with van der Waals surface area (Å²) in [6.07, 6.45) is 5.25. The van der Waals surface area contributed by atoms with E-state index in [1.54, 1.807) is 30.3 Å². The molecule has 2 rings (SSSR count). The molecule has 5 heteroatoms. The highest BCUT2D eigenvalue weighted by molar-refractivity contribution is 5.18. The van der Waals surface area contributed by atoms with E-state index in [4.69, 9.17) is 4.74 Å². The van der Waals surface area contributed by atoms with E-state index in [1.165, 1.54) is 0 Å². The highest BCUT2D eigenvalue weighted by Crippen LogP contribution is 2.07. The van der Waals surface area contributed by atoms with Crippen LogP contribution in [0.15, 0.2) is 24.7 Å². The summed E-state index contributed by atoms with van der Waals surface area (Å²) in [5.74, 6) is 1.04. The first-order valence-electron chi connectivity index (χ1n) is 4.18. The molecule has 0 aliphatic rings. The van der Waals surface area contributed by atoms with Gasteiger partial charge in [-0.3, -0.25) is 0 Å². The molecule has 2 heterocycles. The number of nitrogens with zero attached hydrogens (tertiary/aromatic N) is 4. The van der Waals surface area contributed by atoms with Crippen LogP contribution in [0.3, 0.4) is 0 Å². The summed E-state index contributed by atoms with van der Waals surface area (Å²) in [4.78, 5) is 8.22. The van der Waals surface area contributed by atoms with Gasteiger partial charge in [-0.05, 0) is 12.5 Å². The summed E-state index contributed by atoms with van der Waals surface area (Å²) in [6, 6.07) is 1.69. The highest BCUT2D eigenvalue weighted by Gasteiger charge is 2.02. The summed E-state index contributed by atoms with van der Waals surface area (Å²) in [7, 11) is 1.57. The van der Waals surface area contributed by atoms with Crippen LogP contribution in [0.1, 0.15) is 5.56 Å². The Labute approximate surface area is 81.4 Å². The summed E-state index contributed by atoms with van der Waals surface area (Å²) in [6.45, 7) is 1.96. The van der Waals surface area contributed by atoms with Crippen molar-refractivity contribution in [2.75, 3.05) is 7.11 Å². The second-order valence-corrected chi connectivity index (χ2v) is 2.86. The van der Waals surface area contributed by atoms with Crippen LogP contribution in [0.5, 0.6) is 5.88 Å². The van der Waals surface area contributed by atoms with Crippen molar-refractivity contribution in [3.05, 3.63) is 30.2 Å². The maximum Gasteiger partial charge on any atom is 0.253 e. The Hall–Kier alpha value is -1.91. The van der Waals surface area contributed by atoms with E-state index < -0.39 is 0 Å². The van der Waals surface area contributed by atoms with Crippen LogP contribution in [0.2, 0.25) is 0 Å². The Kier molecular flexibility index (Phi) is 2.14. The van der Waals surface area contributed by atoms with Gasteiger partial charge in [0.15, 0.2) is 0 Å². The Morgan fingerprint density at radius 3 is 2.93 bits per heavy atom. The minimum atomic E-state index is 0.512. The van der Waals surface area contributed by atoms with Gasteiger partial charge in [0.1, 0.15) is 0 Å². The second kappa shape index (κ2) is 3.45. The number of methoxy groups -OCH3 is 1. The molecule has 0 radical (unpaired) electrons. The third-order valence-electron chi connectivity index (χ3n) is 1.74. The Bertz CT molecular complexity index is 438. The molecule has 0 aliphatic carbocycles. The number of aromatic nitrogens is 4. The van der Waals surface area contributed by atoms with Crippen LogP contribution >= 0.6 is 0 Å². The van der Waals surface area contributed by atoms with Gasteiger partial charge in [-0.2, -0.15) is 10.1 Å². The zero-order valence-corrected chi connectivity index (χ0v) is 8.01. The maximum atomic E-state index is 4.99. The van der Waals surface area contributed by atoms with Crippen LogP contribution in [-0.4, -0.2) is 26.9 Å². The number of aryl methyl sites for hydroxylation is 1. The fourth-order valence-electron chi connectivity index (χ4n) is 1.08. The van der Waals surface area contributed by atoms with Gasteiger partial charge < -0.3 is 4.74 Å². The van der Waals surface area contributed by atoms with Crippen molar-refractivity contribution in [1.82, 2.24) is 19.7 Å². The summed E-state index contributed by atoms with van der Waals surface area (Å²) in [5, 5.41) is 4.10. The molecule has 0 amide bonds. The zero-order chi connectivity index (χ0) is 9.97. The molecule has 5 nitrogen and oxygen atoms in total. The molecule has 14 heavy (non-hydrogen) atoms. The van der Waals surface area contributed by atoms with E-state index >= 15 is 0 Å². The van der Waals surface area contributed by atoms with Crippen LogP contribution in [0.4, 0.5) is 0 Å². The standard InChI is InChI=1S/C9H10N4O/c1-7-5-11-13(6-7)9-10-4-3-8(12-9)14-2/h3-6H,1-2H3. The molecule has 0 aromatic carbocycles. The predicted molar refractivity (Wildman–Crippen MR) is 50.4 cm³/mol. The lowest BCUT2D eigenvalue weighted by molar-refractivity contribution is 0.395. The summed E-state index contributed by atoms with van der Waals surface area (Å²) < 4.78 is 6.60. The van der Waals surface area contributed by atoms with E-state index in [-0.39, 0.29) is 0 Å². The molecule has 0 atom stereocenters. The SMILES string of the molecule is COc1ccnc(-n2cc(C)cn2)n1. The summed E-state index contributed by atoms with van der Waals surface area (Å²) in [5.41, 5.74) is 1.07. The van der Waals surface area contributed by atoms with Gasteiger partial charge in [-0.25, -0.2) is 9.67 Å². The Morgan fingerprint density at radius 1 is 1.43 bits per heavy atom. The average Bonchev–Trinajstić information content (AvgIpc) is 2.65. The minimum Gasteiger partial charge on any atom is -0.481 e. The van der Waals surface area contributed by atoms with E-state index in [0.717, 1.165) is 5.56 Å². The minimum absolute atomic E-state index is 0.512. The van der Waals surface area contributed by atoms with E-state index in [2.05, 4.69) is 15.1 Å². The van der Waals surface area contributed by atoms with E-state index in [0.29, 0.717) is 11.8 Å². The van der Waals surface area contributed by atoms with E-state index in [9.17, 15) is 0 Å². The van der Waals surface area contributed by atoms with Gasteiger partial charge >= 0.3 is 0 Å². The largest absolute Gasteiger partial charge is 0.481 e. The fourth-order valence-corrected chi connectivity index (χ4v) is 1.08. The zero-order valence-electron chi connectivity index (χ0n) is 8.01. The average molecular weight is 190 g/mol. The number of ether oxygens (including phenoxy) is 1. The molecule has 0 fully saturated rings. The van der Waals surface area contributed by atoms with Gasteiger partial charge in [0.25, 0.3) is 5.95 Å². The molecular formula is C9H10N4O. The first-order valence-corrected chi connectivity index (χ1v) is 4.18. The van der Waals surface area contributed by atoms with Crippen LogP contribution in [-0.2, 0) is 0 Å². The molecule has 0 N–H and O–H groups in total. The van der Waals surface area contributed by atoms with Gasteiger partial charge in [-0.15, -0.1) is 0 Å². The van der Waals surface area contributed by atoms with Crippen LogP contribution < -0.4 is 4.74 Å². The molecule has 2 aromatic heterocycles. The number of rotatable bonds is 2. The number of hydrogen-bond acceptors (Lipinski definition) is 4. The van der Waals surface area contributed by atoms with Crippen molar-refractivity contribution >= 4 is 0 Å². The third kappa shape index (κ3) is 1.56. The lowest BCUT2D eigenvalue weighted by atomic mass is 10.4. The van der Waals surface area contributed by atoms with Crippen molar-refractivity contribution in [3.8, 4) is 11.8 Å². The van der Waals surface area contributed by atoms with E-state index in [1.807, 2.05) is 13.1 Å². The van der Waals surface area contributed by atoms with Gasteiger partial charge in [0, 0.05) is 18.5 Å². The molecule has 0 saturated carbocycles. The molecule has 2 aromatic rings. The second-order valence-electron chi connectivity index (χ2n) is 2.86. The maximum absolute atomic E-state index is 4.99. The highest BCUT2D eigenvalue weighted by atomic mass is 16.5. The summed E-state index contributed by atoms with van der Waals surface area (Å²) >= 11 is 0. The molecule has 72 valence electrons. The number of hydrogen-bond donors (Lipinski definition) is 0. The Morgan fingerprint density at radius 2 is 2.29 bits per heavy atom. The predicted octanol–water partition coefficient (Wildman–Crippen LogP) is 0.979. The molecule has 0 spiro atoms. The monoisotopic (exact) mass is 190 g/mol. The topological polar surface area (TPSA) is 52.8 Å².